The van der Waals surface area contributed by atoms with Gasteiger partial charge in [0.15, 0.2) is 11.0 Å². The van der Waals surface area contributed by atoms with Crippen LogP contribution < -0.4 is 5.32 Å². The minimum atomic E-state index is -0.00168. The van der Waals surface area contributed by atoms with Gasteiger partial charge in [-0.15, -0.1) is 21.5 Å². The van der Waals surface area contributed by atoms with E-state index in [0.29, 0.717) is 12.3 Å². The Bertz CT molecular complexity index is 1110. The van der Waals surface area contributed by atoms with Gasteiger partial charge in [0, 0.05) is 40.6 Å². The number of thiophene rings is 1. The molecule has 3 heterocycles. The van der Waals surface area contributed by atoms with Crippen molar-refractivity contribution in [2.45, 2.75) is 38.6 Å². The predicted octanol–water partition coefficient (Wildman–Crippen LogP) is 4.41. The molecule has 150 valence electrons. The summed E-state index contributed by atoms with van der Waals surface area (Å²) in [5.41, 5.74) is 2.27. The van der Waals surface area contributed by atoms with Crippen LogP contribution >= 0.6 is 23.1 Å². The molecule has 1 N–H and O–H groups in total. The van der Waals surface area contributed by atoms with E-state index < -0.39 is 0 Å². The van der Waals surface area contributed by atoms with Crippen molar-refractivity contribution in [1.29, 1.82) is 0 Å². The highest BCUT2D eigenvalue weighted by Gasteiger charge is 2.18. The number of amides is 1. The third-order valence-corrected chi connectivity index (χ3v) is 6.62. The second-order valence-electron chi connectivity index (χ2n) is 6.54. The van der Waals surface area contributed by atoms with Gasteiger partial charge in [-0.05, 0) is 31.4 Å². The van der Waals surface area contributed by atoms with E-state index in [-0.39, 0.29) is 5.91 Å². The van der Waals surface area contributed by atoms with E-state index in [0.717, 1.165) is 34.5 Å². The van der Waals surface area contributed by atoms with Gasteiger partial charge < -0.3 is 14.5 Å². The lowest BCUT2D eigenvalue weighted by Crippen LogP contribution is -2.24. The number of aryl methyl sites for hydroxylation is 1. The van der Waals surface area contributed by atoms with Crippen LogP contribution in [0.3, 0.4) is 0 Å². The molecule has 1 amide bonds. The highest BCUT2D eigenvalue weighted by Crippen LogP contribution is 2.31. The zero-order valence-corrected chi connectivity index (χ0v) is 18.1. The molecular formula is C21H23N5OS2. The van der Waals surface area contributed by atoms with Gasteiger partial charge in [0.05, 0.1) is 12.3 Å². The van der Waals surface area contributed by atoms with Crippen molar-refractivity contribution in [3.05, 3.63) is 52.9 Å². The van der Waals surface area contributed by atoms with Crippen LogP contribution in [0.1, 0.15) is 18.7 Å². The summed E-state index contributed by atoms with van der Waals surface area (Å²) in [4.78, 5) is 13.4. The molecule has 3 aromatic heterocycles. The molecule has 0 aliphatic heterocycles. The first-order chi connectivity index (χ1) is 14.2. The summed E-state index contributed by atoms with van der Waals surface area (Å²) >= 11 is 3.07. The minimum Gasteiger partial charge on any atom is -0.350 e. The van der Waals surface area contributed by atoms with E-state index in [4.69, 9.17) is 0 Å². The van der Waals surface area contributed by atoms with Crippen LogP contribution in [-0.2, 0) is 24.4 Å². The highest BCUT2D eigenvalue weighted by atomic mass is 32.2. The lowest BCUT2D eigenvalue weighted by molar-refractivity contribution is -0.118. The predicted molar refractivity (Wildman–Crippen MR) is 119 cm³/mol. The summed E-state index contributed by atoms with van der Waals surface area (Å²) in [6.45, 7) is 6.42. The SMILES string of the molecule is CCn1c(SCC(=O)NCc2cccs2)nnc1-c1cn(CC)c2ccccc12. The summed E-state index contributed by atoms with van der Waals surface area (Å²) in [6.07, 6.45) is 2.14. The first kappa shape index (κ1) is 19.7. The van der Waals surface area contributed by atoms with E-state index in [1.807, 2.05) is 23.6 Å². The van der Waals surface area contributed by atoms with Gasteiger partial charge in [0.1, 0.15) is 0 Å². The van der Waals surface area contributed by atoms with E-state index in [9.17, 15) is 4.79 Å². The average molecular weight is 426 g/mol. The molecule has 4 rings (SSSR count). The quantitative estimate of drug-likeness (QED) is 0.425. The van der Waals surface area contributed by atoms with Gasteiger partial charge >= 0.3 is 0 Å². The fourth-order valence-electron chi connectivity index (χ4n) is 3.35. The number of carbonyl (C=O) groups is 1. The number of rotatable bonds is 8. The summed E-state index contributed by atoms with van der Waals surface area (Å²) in [5.74, 6) is 1.16. The Morgan fingerprint density at radius 3 is 2.76 bits per heavy atom. The molecule has 0 saturated carbocycles. The Morgan fingerprint density at radius 2 is 2.00 bits per heavy atom. The molecule has 1 aromatic carbocycles. The molecule has 0 atom stereocenters. The fourth-order valence-corrected chi connectivity index (χ4v) is 4.82. The molecule has 0 bridgehead atoms. The van der Waals surface area contributed by atoms with Crippen LogP contribution in [-0.4, -0.2) is 31.0 Å². The van der Waals surface area contributed by atoms with Crippen molar-refractivity contribution in [3.8, 4) is 11.4 Å². The lowest BCUT2D eigenvalue weighted by Gasteiger charge is -2.07. The van der Waals surface area contributed by atoms with Crippen molar-refractivity contribution in [1.82, 2.24) is 24.6 Å². The lowest BCUT2D eigenvalue weighted by atomic mass is 10.1. The van der Waals surface area contributed by atoms with Crippen LogP contribution in [0.5, 0.6) is 0 Å². The maximum absolute atomic E-state index is 12.2. The second-order valence-corrected chi connectivity index (χ2v) is 8.52. The largest absolute Gasteiger partial charge is 0.350 e. The number of nitrogens with one attached hydrogen (secondary N) is 1. The third-order valence-electron chi connectivity index (χ3n) is 4.78. The molecule has 0 spiro atoms. The zero-order valence-electron chi connectivity index (χ0n) is 16.5. The van der Waals surface area contributed by atoms with Crippen molar-refractivity contribution in [2.24, 2.45) is 0 Å². The van der Waals surface area contributed by atoms with Crippen LogP contribution in [0.25, 0.3) is 22.3 Å². The van der Waals surface area contributed by atoms with Gasteiger partial charge in [-0.2, -0.15) is 0 Å². The van der Waals surface area contributed by atoms with Crippen molar-refractivity contribution < 1.29 is 4.79 Å². The summed E-state index contributed by atoms with van der Waals surface area (Å²) in [7, 11) is 0. The Balaban J connectivity index is 1.52. The third kappa shape index (κ3) is 4.09. The van der Waals surface area contributed by atoms with E-state index >= 15 is 0 Å². The van der Waals surface area contributed by atoms with Crippen LogP contribution in [0.15, 0.2) is 53.1 Å². The second kappa shape index (κ2) is 8.84. The standard InChI is InChI=1S/C21H23N5OS2/c1-3-25-13-17(16-9-5-6-10-18(16)25)20-23-24-21(26(20)4-2)29-14-19(27)22-12-15-8-7-11-28-15/h5-11,13H,3-4,12,14H2,1-2H3,(H,22,27). The molecule has 6 nitrogen and oxygen atoms in total. The number of para-hydroxylation sites is 1. The zero-order chi connectivity index (χ0) is 20.2. The topological polar surface area (TPSA) is 64.7 Å². The van der Waals surface area contributed by atoms with Crippen LogP contribution in [0.2, 0.25) is 0 Å². The van der Waals surface area contributed by atoms with Crippen LogP contribution in [0.4, 0.5) is 0 Å². The van der Waals surface area contributed by atoms with Gasteiger partial charge in [-0.1, -0.05) is 36.0 Å². The number of aromatic nitrogens is 4. The Morgan fingerprint density at radius 1 is 1.14 bits per heavy atom. The van der Waals surface area contributed by atoms with Crippen molar-refractivity contribution >= 4 is 39.9 Å². The number of hydrogen-bond acceptors (Lipinski definition) is 5. The van der Waals surface area contributed by atoms with Gasteiger partial charge in [-0.25, -0.2) is 0 Å². The van der Waals surface area contributed by atoms with E-state index in [1.165, 1.54) is 22.7 Å². The molecule has 4 aromatic rings. The number of hydrogen-bond donors (Lipinski definition) is 1. The average Bonchev–Trinajstić information content (AvgIpc) is 3.48. The summed E-state index contributed by atoms with van der Waals surface area (Å²) in [6, 6.07) is 12.4. The number of thioether (sulfide) groups is 1. The summed E-state index contributed by atoms with van der Waals surface area (Å²) in [5, 5.41) is 15.7. The molecule has 0 fully saturated rings. The molecule has 0 unspecified atom stereocenters. The van der Waals surface area contributed by atoms with E-state index in [1.54, 1.807) is 11.3 Å². The van der Waals surface area contributed by atoms with Crippen molar-refractivity contribution in [3.63, 3.8) is 0 Å². The maximum Gasteiger partial charge on any atom is 0.230 e. The maximum atomic E-state index is 12.2. The van der Waals surface area contributed by atoms with Crippen LogP contribution in [0, 0.1) is 0 Å². The van der Waals surface area contributed by atoms with Crippen molar-refractivity contribution in [2.75, 3.05) is 5.75 Å². The number of fused-ring (bicyclic) bond motifs is 1. The Hall–Kier alpha value is -2.58. The van der Waals surface area contributed by atoms with E-state index in [2.05, 4.69) is 62.9 Å². The fraction of sp³-hybridized carbons (Fsp3) is 0.286. The highest BCUT2D eigenvalue weighted by molar-refractivity contribution is 7.99. The molecule has 0 aliphatic rings. The Kier molecular flexibility index (Phi) is 6.01. The van der Waals surface area contributed by atoms with Gasteiger partial charge in [0.2, 0.25) is 5.91 Å². The van der Waals surface area contributed by atoms with Gasteiger partial charge in [-0.3, -0.25) is 4.79 Å². The Labute approximate surface area is 178 Å². The molecular weight excluding hydrogens is 402 g/mol. The first-order valence-electron chi connectivity index (χ1n) is 9.64. The summed E-state index contributed by atoms with van der Waals surface area (Å²) < 4.78 is 4.31. The first-order valence-corrected chi connectivity index (χ1v) is 11.5. The smallest absolute Gasteiger partial charge is 0.230 e. The minimum absolute atomic E-state index is 0.00168. The number of nitrogens with zero attached hydrogens (tertiary/aromatic N) is 4. The molecule has 0 aliphatic carbocycles. The monoisotopic (exact) mass is 425 g/mol. The van der Waals surface area contributed by atoms with Gasteiger partial charge in [0.25, 0.3) is 0 Å². The molecule has 8 heteroatoms. The number of carbonyl (C=O) groups excluding carboxylic acids is 1. The number of benzene rings is 1. The normalized spacial score (nSPS) is 11.2. The molecule has 29 heavy (non-hydrogen) atoms. The molecule has 0 saturated heterocycles. The molecule has 0 radical (unpaired) electrons.